The molecule has 0 N–H and O–H groups in total. The van der Waals surface area contributed by atoms with E-state index < -0.39 is 0 Å². The first-order valence-electron chi connectivity index (χ1n) is 4.97. The molecular weight excluding hydrogens is 275 g/mol. The van der Waals surface area contributed by atoms with Crippen LogP contribution in [0.4, 0.5) is 0 Å². The second kappa shape index (κ2) is 8.36. The molecule has 88 valence electrons. The number of hydrogen-bond donors (Lipinski definition) is 0. The fraction of sp³-hybridized carbons (Fsp3) is 0.385. The topological polar surface area (TPSA) is 0 Å². The minimum atomic E-state index is 0. The van der Waals surface area contributed by atoms with E-state index >= 15 is 0 Å². The number of halogens is 2. The van der Waals surface area contributed by atoms with Gasteiger partial charge in [0.1, 0.15) is 0 Å². The maximum absolute atomic E-state index is 2.27. The summed E-state index contributed by atoms with van der Waals surface area (Å²) < 4.78 is 0. The average molecular weight is 293 g/mol. The summed E-state index contributed by atoms with van der Waals surface area (Å²) in [5.74, 6) is 0. The Morgan fingerprint density at radius 3 is 1.50 bits per heavy atom. The van der Waals surface area contributed by atoms with E-state index in [-0.39, 0.29) is 46.5 Å². The predicted molar refractivity (Wildman–Crippen MR) is 72.0 cm³/mol. The van der Waals surface area contributed by atoms with Gasteiger partial charge in [-0.25, -0.2) is 0 Å². The number of hydrogen-bond acceptors (Lipinski definition) is 0. The van der Waals surface area contributed by atoms with Gasteiger partial charge in [0.05, 0.1) is 0 Å². The van der Waals surface area contributed by atoms with Crippen molar-refractivity contribution in [2.24, 2.45) is 0 Å². The fourth-order valence-electron chi connectivity index (χ4n) is 1.99. The van der Waals surface area contributed by atoms with E-state index in [1.54, 1.807) is 11.1 Å². The molecule has 2 aliphatic rings. The van der Waals surface area contributed by atoms with Gasteiger partial charge in [-0.1, -0.05) is 46.6 Å². The fourth-order valence-corrected chi connectivity index (χ4v) is 1.99. The molecule has 0 saturated carbocycles. The maximum Gasteiger partial charge on any atom is 0 e. The van der Waals surface area contributed by atoms with Crippen molar-refractivity contribution in [3.8, 4) is 0 Å². The van der Waals surface area contributed by atoms with E-state index in [4.69, 9.17) is 0 Å². The summed E-state index contributed by atoms with van der Waals surface area (Å²) in [6.45, 7) is 4.44. The van der Waals surface area contributed by atoms with Crippen LogP contribution >= 0.6 is 24.8 Å². The van der Waals surface area contributed by atoms with Crippen LogP contribution < -0.4 is 0 Å². The number of rotatable bonds is 2. The molecule has 0 atom stereocenters. The van der Waals surface area contributed by atoms with Crippen LogP contribution in [0.5, 0.6) is 0 Å². The minimum Gasteiger partial charge on any atom is -0.147 e. The van der Waals surface area contributed by atoms with Crippen molar-refractivity contribution < 1.29 is 21.7 Å². The van der Waals surface area contributed by atoms with Crippen LogP contribution in [-0.2, 0) is 21.7 Å². The standard InChI is InChI=1S/C13H16.2ClH.Ti/c1-10-5-3-7-12(10)9-13-8-4-6-11(13)2;;;/h3-6H,7-9H2,1-2H3;2*1H;. The van der Waals surface area contributed by atoms with E-state index in [0.717, 1.165) is 0 Å². The van der Waals surface area contributed by atoms with Gasteiger partial charge >= 0.3 is 0 Å². The molecule has 0 saturated heterocycles. The zero-order valence-corrected chi connectivity index (χ0v) is 12.9. The summed E-state index contributed by atoms with van der Waals surface area (Å²) >= 11 is 0. The largest absolute Gasteiger partial charge is 0.147 e. The van der Waals surface area contributed by atoms with Crippen molar-refractivity contribution in [2.75, 3.05) is 0 Å². The molecule has 0 bridgehead atoms. The van der Waals surface area contributed by atoms with Crippen LogP contribution in [0.1, 0.15) is 33.1 Å². The monoisotopic (exact) mass is 292 g/mol. The summed E-state index contributed by atoms with van der Waals surface area (Å²) in [5, 5.41) is 0. The third-order valence-corrected chi connectivity index (χ3v) is 3.01. The van der Waals surface area contributed by atoms with Gasteiger partial charge in [-0.3, -0.25) is 0 Å². The van der Waals surface area contributed by atoms with Crippen LogP contribution in [0.25, 0.3) is 0 Å². The molecule has 0 heterocycles. The molecule has 0 aromatic heterocycles. The van der Waals surface area contributed by atoms with Crippen molar-refractivity contribution >= 4 is 24.8 Å². The van der Waals surface area contributed by atoms with Crippen LogP contribution in [0, 0.1) is 0 Å². The van der Waals surface area contributed by atoms with E-state index in [0.29, 0.717) is 0 Å². The van der Waals surface area contributed by atoms with Crippen molar-refractivity contribution in [1.29, 1.82) is 0 Å². The SMILES string of the molecule is CC1=C(CC2=C(C)C=CC2)CC=C1.Cl.Cl.[Ti]. The van der Waals surface area contributed by atoms with E-state index in [9.17, 15) is 0 Å². The van der Waals surface area contributed by atoms with E-state index in [1.807, 2.05) is 0 Å². The van der Waals surface area contributed by atoms with Crippen molar-refractivity contribution in [3.05, 3.63) is 46.6 Å². The Hall–Kier alpha value is 0.254. The van der Waals surface area contributed by atoms with E-state index in [1.165, 1.54) is 30.4 Å². The summed E-state index contributed by atoms with van der Waals surface area (Å²) in [6, 6.07) is 0. The molecule has 2 aliphatic carbocycles. The smallest absolute Gasteiger partial charge is 0 e. The van der Waals surface area contributed by atoms with Gasteiger partial charge in [0, 0.05) is 21.7 Å². The molecule has 0 aromatic rings. The zero-order valence-electron chi connectivity index (χ0n) is 9.75. The Morgan fingerprint density at radius 1 is 0.875 bits per heavy atom. The van der Waals surface area contributed by atoms with Crippen LogP contribution in [0.15, 0.2) is 46.6 Å². The Morgan fingerprint density at radius 2 is 1.25 bits per heavy atom. The molecule has 0 radical (unpaired) electrons. The average Bonchev–Trinajstić information content (AvgIpc) is 2.65. The molecule has 16 heavy (non-hydrogen) atoms. The Kier molecular flexibility index (Phi) is 9.73. The van der Waals surface area contributed by atoms with Gasteiger partial charge in [-0.2, -0.15) is 0 Å². The molecule has 0 fully saturated rings. The molecule has 0 unspecified atom stereocenters. The molecule has 0 aromatic carbocycles. The van der Waals surface area contributed by atoms with Gasteiger partial charge in [0.2, 0.25) is 0 Å². The Bertz CT molecular complexity index is 315. The molecule has 0 amide bonds. The predicted octanol–water partition coefficient (Wildman–Crippen LogP) is 4.77. The molecular formula is C13H18Cl2Ti. The van der Waals surface area contributed by atoms with Crippen molar-refractivity contribution in [2.45, 2.75) is 33.1 Å². The second-order valence-electron chi connectivity index (χ2n) is 3.96. The summed E-state index contributed by atoms with van der Waals surface area (Å²) in [4.78, 5) is 0. The quantitative estimate of drug-likeness (QED) is 0.643. The van der Waals surface area contributed by atoms with Gasteiger partial charge < -0.3 is 0 Å². The maximum atomic E-state index is 2.27. The van der Waals surface area contributed by atoms with Gasteiger partial charge in [0.15, 0.2) is 0 Å². The first kappa shape index (κ1) is 18.6. The van der Waals surface area contributed by atoms with Gasteiger partial charge in [-0.15, -0.1) is 24.8 Å². The van der Waals surface area contributed by atoms with Crippen molar-refractivity contribution in [3.63, 3.8) is 0 Å². The van der Waals surface area contributed by atoms with Crippen LogP contribution in [-0.4, -0.2) is 0 Å². The third-order valence-electron chi connectivity index (χ3n) is 3.01. The first-order valence-corrected chi connectivity index (χ1v) is 4.97. The normalized spacial score (nSPS) is 17.1. The Balaban J connectivity index is 0. The number of allylic oxidation sites excluding steroid dienone is 8. The Labute approximate surface area is 126 Å². The molecule has 3 heteroatoms. The molecule has 0 spiro atoms. The third kappa shape index (κ3) is 4.26. The summed E-state index contributed by atoms with van der Waals surface area (Å²) in [6.07, 6.45) is 12.6. The van der Waals surface area contributed by atoms with Gasteiger partial charge in [0.25, 0.3) is 0 Å². The van der Waals surface area contributed by atoms with Gasteiger partial charge in [-0.05, 0) is 33.1 Å². The molecule has 2 rings (SSSR count). The molecule has 0 aliphatic heterocycles. The van der Waals surface area contributed by atoms with E-state index in [2.05, 4.69) is 38.2 Å². The summed E-state index contributed by atoms with van der Waals surface area (Å²) in [5.41, 5.74) is 6.18. The van der Waals surface area contributed by atoms with Crippen LogP contribution in [0.3, 0.4) is 0 Å². The van der Waals surface area contributed by atoms with Crippen LogP contribution in [0.2, 0.25) is 0 Å². The second-order valence-corrected chi connectivity index (χ2v) is 3.96. The molecule has 0 nitrogen and oxygen atoms in total. The summed E-state index contributed by atoms with van der Waals surface area (Å²) in [7, 11) is 0. The first-order chi connectivity index (χ1) is 6.27. The zero-order chi connectivity index (χ0) is 9.26. The van der Waals surface area contributed by atoms with Crippen molar-refractivity contribution in [1.82, 2.24) is 0 Å². The minimum absolute atomic E-state index is 0.